The second-order valence-electron chi connectivity index (χ2n) is 8.36. The Balaban J connectivity index is 1.37. The van der Waals surface area contributed by atoms with Gasteiger partial charge in [0, 0.05) is 24.2 Å². The highest BCUT2D eigenvalue weighted by atomic mass is 35.5. The predicted molar refractivity (Wildman–Crippen MR) is 121 cm³/mol. The number of nitrogens with one attached hydrogen (secondary N) is 1. The number of halogens is 3. The number of aromatic nitrogens is 4. The van der Waals surface area contributed by atoms with Gasteiger partial charge in [-0.1, -0.05) is 24.6 Å². The summed E-state index contributed by atoms with van der Waals surface area (Å²) in [7, 11) is 0. The summed E-state index contributed by atoms with van der Waals surface area (Å²) in [4.78, 5) is 7.88. The Morgan fingerprint density at radius 3 is 2.82 bits per heavy atom. The first kappa shape index (κ1) is 21.8. The van der Waals surface area contributed by atoms with Crippen LogP contribution in [0.15, 0.2) is 47.1 Å². The van der Waals surface area contributed by atoms with Crippen molar-refractivity contribution in [2.45, 2.75) is 32.4 Å². The topological polar surface area (TPSA) is 72.0 Å². The lowest BCUT2D eigenvalue weighted by atomic mass is 9.90. The molecular weight excluding hydrogens is 450 g/mol. The third-order valence-corrected chi connectivity index (χ3v) is 6.42. The number of anilines is 1. The zero-order chi connectivity index (χ0) is 22.9. The average molecular weight is 473 g/mol. The molecule has 7 nitrogen and oxygen atoms in total. The maximum Gasteiger partial charge on any atom is 0.295 e. The molecule has 0 bridgehead atoms. The molecule has 0 amide bonds. The lowest BCUT2D eigenvalue weighted by Gasteiger charge is -2.40. The quantitative estimate of drug-likeness (QED) is 0.423. The lowest BCUT2D eigenvalue weighted by Crippen LogP contribution is -2.47. The van der Waals surface area contributed by atoms with E-state index in [-0.39, 0.29) is 11.7 Å². The van der Waals surface area contributed by atoms with Crippen molar-refractivity contribution in [1.29, 1.82) is 0 Å². The molecule has 1 N–H and O–H groups in total. The number of benzene rings is 2. The Bertz CT molecular complexity index is 1260. The zero-order valence-corrected chi connectivity index (χ0v) is 18.8. The van der Waals surface area contributed by atoms with Gasteiger partial charge in [-0.25, -0.2) is 8.78 Å². The standard InChI is InChI=1S/C23H23ClF2N6O/c1-14-3-2-10-31(13-15-4-6-17(25)21(26)22(15)32-28-8-9-29-32)19(14)12-27-23-30-18-11-16(24)5-7-20(18)33-23/h4-9,11,14,19H,2-3,10,12-13H2,1H3,(H,27,30). The van der Waals surface area contributed by atoms with E-state index in [4.69, 9.17) is 16.0 Å². The van der Waals surface area contributed by atoms with Crippen LogP contribution in [0.2, 0.25) is 5.02 Å². The molecule has 0 spiro atoms. The minimum Gasteiger partial charge on any atom is -0.424 e. The smallest absolute Gasteiger partial charge is 0.295 e. The number of nitrogens with zero attached hydrogens (tertiary/aromatic N) is 5. The van der Waals surface area contributed by atoms with Crippen molar-refractivity contribution < 1.29 is 13.2 Å². The van der Waals surface area contributed by atoms with Gasteiger partial charge in [0.05, 0.1) is 12.4 Å². The second kappa shape index (κ2) is 9.07. The summed E-state index contributed by atoms with van der Waals surface area (Å²) in [5.74, 6) is -1.48. The number of likely N-dealkylation sites (tertiary alicyclic amines) is 1. The van der Waals surface area contributed by atoms with E-state index in [2.05, 4.69) is 32.3 Å². The van der Waals surface area contributed by atoms with Crippen molar-refractivity contribution in [3.8, 4) is 5.69 Å². The molecule has 0 saturated carbocycles. The molecule has 2 atom stereocenters. The number of oxazole rings is 1. The summed E-state index contributed by atoms with van der Waals surface area (Å²) in [5.41, 5.74) is 2.02. The lowest BCUT2D eigenvalue weighted by molar-refractivity contribution is 0.101. The summed E-state index contributed by atoms with van der Waals surface area (Å²) in [5, 5.41) is 11.9. The van der Waals surface area contributed by atoms with Gasteiger partial charge < -0.3 is 9.73 Å². The van der Waals surface area contributed by atoms with Gasteiger partial charge in [-0.05, 0) is 55.1 Å². The number of hydrogen-bond acceptors (Lipinski definition) is 6. The highest BCUT2D eigenvalue weighted by molar-refractivity contribution is 6.31. The van der Waals surface area contributed by atoms with Crippen molar-refractivity contribution in [3.63, 3.8) is 0 Å². The largest absolute Gasteiger partial charge is 0.424 e. The molecule has 0 radical (unpaired) electrons. The van der Waals surface area contributed by atoms with E-state index in [0.717, 1.165) is 30.2 Å². The Hall–Kier alpha value is -3.04. The molecule has 2 unspecified atom stereocenters. The van der Waals surface area contributed by atoms with Gasteiger partial charge >= 0.3 is 0 Å². The van der Waals surface area contributed by atoms with Gasteiger partial charge in [0.15, 0.2) is 17.2 Å². The van der Waals surface area contributed by atoms with Gasteiger partial charge in [-0.15, -0.1) is 4.80 Å². The minimum absolute atomic E-state index is 0.0424. The van der Waals surface area contributed by atoms with E-state index < -0.39 is 11.6 Å². The normalized spacial score (nSPS) is 19.3. The Morgan fingerprint density at radius 1 is 1.18 bits per heavy atom. The van der Waals surface area contributed by atoms with Crippen LogP contribution in [-0.4, -0.2) is 44.0 Å². The molecule has 1 aliphatic heterocycles. The number of piperidine rings is 1. The highest BCUT2D eigenvalue weighted by Crippen LogP contribution is 2.29. The average Bonchev–Trinajstić information content (AvgIpc) is 3.45. The molecule has 3 heterocycles. The van der Waals surface area contributed by atoms with Crippen molar-refractivity contribution in [2.75, 3.05) is 18.4 Å². The molecule has 1 fully saturated rings. The molecule has 4 aromatic rings. The van der Waals surface area contributed by atoms with E-state index >= 15 is 0 Å². The van der Waals surface area contributed by atoms with Crippen LogP contribution in [0.3, 0.4) is 0 Å². The maximum absolute atomic E-state index is 14.7. The van der Waals surface area contributed by atoms with Crippen molar-refractivity contribution in [3.05, 3.63) is 64.9 Å². The van der Waals surface area contributed by atoms with Crippen molar-refractivity contribution in [1.82, 2.24) is 24.9 Å². The zero-order valence-electron chi connectivity index (χ0n) is 18.0. The van der Waals surface area contributed by atoms with E-state index in [1.54, 1.807) is 24.3 Å². The fourth-order valence-electron chi connectivity index (χ4n) is 4.50. The first-order valence-electron chi connectivity index (χ1n) is 10.9. The maximum atomic E-state index is 14.7. The Morgan fingerprint density at radius 2 is 2.00 bits per heavy atom. The molecule has 33 heavy (non-hydrogen) atoms. The van der Waals surface area contributed by atoms with Crippen LogP contribution in [0.25, 0.3) is 16.8 Å². The molecule has 5 rings (SSSR count). The highest BCUT2D eigenvalue weighted by Gasteiger charge is 2.30. The minimum atomic E-state index is -0.950. The first-order valence-corrected chi connectivity index (χ1v) is 11.2. The molecule has 0 aliphatic carbocycles. The van der Waals surface area contributed by atoms with Crippen LogP contribution >= 0.6 is 11.6 Å². The molecule has 10 heteroatoms. The third kappa shape index (κ3) is 4.43. The van der Waals surface area contributed by atoms with Crippen LogP contribution in [0.1, 0.15) is 25.3 Å². The fraction of sp³-hybridized carbons (Fsp3) is 0.348. The van der Waals surface area contributed by atoms with E-state index in [1.807, 2.05) is 0 Å². The summed E-state index contributed by atoms with van der Waals surface area (Å²) >= 11 is 6.04. The van der Waals surface area contributed by atoms with Crippen LogP contribution in [0.5, 0.6) is 0 Å². The van der Waals surface area contributed by atoms with Crippen LogP contribution < -0.4 is 5.32 Å². The summed E-state index contributed by atoms with van der Waals surface area (Å²) in [6.07, 6.45) is 4.99. The summed E-state index contributed by atoms with van der Waals surface area (Å²) in [6.45, 7) is 4.07. The summed E-state index contributed by atoms with van der Waals surface area (Å²) < 4.78 is 34.5. The van der Waals surface area contributed by atoms with Crippen LogP contribution in [0.4, 0.5) is 14.8 Å². The van der Waals surface area contributed by atoms with Crippen molar-refractivity contribution >= 4 is 28.7 Å². The second-order valence-corrected chi connectivity index (χ2v) is 8.79. The first-order chi connectivity index (χ1) is 16.0. The molecule has 1 saturated heterocycles. The van der Waals surface area contributed by atoms with Crippen LogP contribution in [0, 0.1) is 17.6 Å². The third-order valence-electron chi connectivity index (χ3n) is 6.19. The predicted octanol–water partition coefficient (Wildman–Crippen LogP) is 5.05. The Kier molecular flexibility index (Phi) is 5.99. The number of fused-ring (bicyclic) bond motifs is 1. The molecule has 172 valence electrons. The molecule has 2 aromatic carbocycles. The molecular formula is C23H23ClF2N6O. The molecule has 2 aromatic heterocycles. The van der Waals surface area contributed by atoms with E-state index in [9.17, 15) is 8.78 Å². The summed E-state index contributed by atoms with van der Waals surface area (Å²) in [6, 6.07) is 8.64. The number of rotatable bonds is 6. The SMILES string of the molecule is CC1CCCN(Cc2ccc(F)c(F)c2-n2nccn2)C1CNc1nc2cc(Cl)ccc2o1. The van der Waals surface area contributed by atoms with Gasteiger partial charge in [-0.3, -0.25) is 4.90 Å². The van der Waals surface area contributed by atoms with Gasteiger partial charge in [-0.2, -0.15) is 15.2 Å². The van der Waals surface area contributed by atoms with Crippen LogP contribution in [-0.2, 0) is 6.54 Å². The number of hydrogen-bond donors (Lipinski definition) is 1. The van der Waals surface area contributed by atoms with Gasteiger partial charge in [0.2, 0.25) is 0 Å². The van der Waals surface area contributed by atoms with Gasteiger partial charge in [0.1, 0.15) is 11.2 Å². The fourth-order valence-corrected chi connectivity index (χ4v) is 4.67. The van der Waals surface area contributed by atoms with E-state index in [1.165, 1.54) is 12.4 Å². The monoisotopic (exact) mass is 472 g/mol. The molecule has 1 aliphatic rings. The Labute approximate surface area is 194 Å². The van der Waals surface area contributed by atoms with Gasteiger partial charge in [0.25, 0.3) is 6.01 Å². The van der Waals surface area contributed by atoms with E-state index in [0.29, 0.717) is 46.7 Å². The van der Waals surface area contributed by atoms with Crippen molar-refractivity contribution in [2.24, 2.45) is 5.92 Å².